The van der Waals surface area contributed by atoms with Crippen LogP contribution >= 0.6 is 39.5 Å². The lowest BCUT2D eigenvalue weighted by Crippen LogP contribution is -1.97. The summed E-state index contributed by atoms with van der Waals surface area (Å²) in [6.45, 7) is 0.766. The van der Waals surface area contributed by atoms with Crippen molar-refractivity contribution in [3.8, 4) is 5.75 Å². The maximum absolute atomic E-state index is 5.41. The van der Waals surface area contributed by atoms with Gasteiger partial charge in [0.05, 0.1) is 19.2 Å². The number of H-pyrrole nitrogens is 1. The molecule has 0 aliphatic heterocycles. The third-order valence-corrected chi connectivity index (χ3v) is 4.93. The predicted molar refractivity (Wildman–Crippen MR) is 84.8 cm³/mol. The summed E-state index contributed by atoms with van der Waals surface area (Å²) < 4.78 is 9.26. The van der Waals surface area contributed by atoms with Gasteiger partial charge in [0.25, 0.3) is 0 Å². The third kappa shape index (κ3) is 2.35. The minimum absolute atomic E-state index is 0.712. The van der Waals surface area contributed by atoms with Gasteiger partial charge < -0.3 is 14.3 Å². The van der Waals surface area contributed by atoms with E-state index < -0.39 is 0 Å². The Balaban J connectivity index is 2.13. The van der Waals surface area contributed by atoms with Crippen LogP contribution in [-0.2, 0) is 6.54 Å². The molecule has 3 rings (SSSR count). The van der Waals surface area contributed by atoms with E-state index in [0.717, 1.165) is 27.8 Å². The summed E-state index contributed by atoms with van der Waals surface area (Å²) in [6.07, 6.45) is 0. The molecule has 98 valence electrons. The van der Waals surface area contributed by atoms with Gasteiger partial charge in [0.2, 0.25) is 0 Å². The Labute approximate surface area is 128 Å². The Bertz CT molecular complexity index is 787. The summed E-state index contributed by atoms with van der Waals surface area (Å²) in [5.41, 5.74) is 2.01. The quantitative estimate of drug-likeness (QED) is 0.697. The van der Waals surface area contributed by atoms with Crippen molar-refractivity contribution in [2.75, 3.05) is 7.11 Å². The predicted octanol–water partition coefficient (Wildman–Crippen LogP) is 4.58. The number of thiophene rings is 1. The molecule has 0 unspecified atom stereocenters. The molecule has 2 aromatic heterocycles. The van der Waals surface area contributed by atoms with Gasteiger partial charge in [-0.25, -0.2) is 0 Å². The molecule has 0 bridgehead atoms. The minimum Gasteiger partial charge on any atom is -0.494 e. The molecular weight excluding hydrogens is 344 g/mol. The molecule has 1 N–H and O–H groups in total. The van der Waals surface area contributed by atoms with Gasteiger partial charge in [0, 0.05) is 14.7 Å². The lowest BCUT2D eigenvalue weighted by Gasteiger charge is -2.04. The standard InChI is InChI=1S/C13H11BrN2OS2/c1-17-11-4-2-3-10-12(11)15-13(18)16(10)6-9-5-8(14)7-19-9/h2-5,7H,6H2,1H3,(H,15,18). The average Bonchev–Trinajstić information content (AvgIpc) is 2.94. The van der Waals surface area contributed by atoms with Crippen LogP contribution in [0.15, 0.2) is 34.1 Å². The number of fused-ring (bicyclic) bond motifs is 1. The molecular formula is C13H11BrN2OS2. The first kappa shape index (κ1) is 12.9. The van der Waals surface area contributed by atoms with Crippen LogP contribution in [0.3, 0.4) is 0 Å². The highest BCUT2D eigenvalue weighted by Crippen LogP contribution is 2.27. The molecule has 0 atom stereocenters. The maximum Gasteiger partial charge on any atom is 0.178 e. The number of para-hydroxylation sites is 1. The highest BCUT2D eigenvalue weighted by atomic mass is 79.9. The number of nitrogens with zero attached hydrogens (tertiary/aromatic N) is 1. The summed E-state index contributed by atoms with van der Waals surface area (Å²) in [5.74, 6) is 0.815. The number of nitrogens with one attached hydrogen (secondary N) is 1. The number of aromatic nitrogens is 2. The number of ether oxygens (including phenoxy) is 1. The molecule has 0 saturated carbocycles. The summed E-state index contributed by atoms with van der Waals surface area (Å²) in [4.78, 5) is 4.48. The third-order valence-electron chi connectivity index (χ3n) is 2.93. The van der Waals surface area contributed by atoms with Crippen LogP contribution in [0.5, 0.6) is 5.75 Å². The van der Waals surface area contributed by atoms with Crippen LogP contribution in [0.1, 0.15) is 4.88 Å². The number of imidazole rings is 1. The molecule has 0 radical (unpaired) electrons. The number of hydrogen-bond donors (Lipinski definition) is 1. The van der Waals surface area contributed by atoms with E-state index in [9.17, 15) is 0 Å². The second-order valence-electron chi connectivity index (χ2n) is 4.10. The van der Waals surface area contributed by atoms with Crippen molar-refractivity contribution in [1.82, 2.24) is 9.55 Å². The fraction of sp³-hybridized carbons (Fsp3) is 0.154. The van der Waals surface area contributed by atoms with E-state index in [4.69, 9.17) is 17.0 Å². The van der Waals surface area contributed by atoms with Gasteiger partial charge in [-0.1, -0.05) is 6.07 Å². The maximum atomic E-state index is 5.41. The highest BCUT2D eigenvalue weighted by molar-refractivity contribution is 9.10. The highest BCUT2D eigenvalue weighted by Gasteiger charge is 2.09. The number of methoxy groups -OCH3 is 1. The zero-order valence-corrected chi connectivity index (χ0v) is 13.4. The zero-order chi connectivity index (χ0) is 13.4. The van der Waals surface area contributed by atoms with Crippen LogP contribution < -0.4 is 4.74 Å². The van der Waals surface area contributed by atoms with Gasteiger partial charge in [-0.2, -0.15) is 0 Å². The van der Waals surface area contributed by atoms with Crippen LogP contribution in [0.4, 0.5) is 0 Å². The molecule has 0 saturated heterocycles. The van der Waals surface area contributed by atoms with Crippen molar-refractivity contribution in [3.05, 3.63) is 43.8 Å². The van der Waals surface area contributed by atoms with E-state index in [-0.39, 0.29) is 0 Å². The van der Waals surface area contributed by atoms with Gasteiger partial charge in [0.1, 0.15) is 11.3 Å². The van der Waals surface area contributed by atoms with Crippen molar-refractivity contribution in [2.24, 2.45) is 0 Å². The Morgan fingerprint density at radius 2 is 2.32 bits per heavy atom. The number of benzene rings is 1. The second kappa shape index (κ2) is 5.11. The fourth-order valence-corrected chi connectivity index (χ4v) is 3.78. The minimum atomic E-state index is 0.712. The van der Waals surface area contributed by atoms with E-state index in [1.165, 1.54) is 4.88 Å². The number of halogens is 1. The van der Waals surface area contributed by atoms with Crippen LogP contribution in [0.25, 0.3) is 11.0 Å². The molecule has 1 aromatic carbocycles. The molecule has 0 spiro atoms. The zero-order valence-electron chi connectivity index (χ0n) is 10.1. The van der Waals surface area contributed by atoms with Gasteiger partial charge in [-0.3, -0.25) is 0 Å². The number of rotatable bonds is 3. The Morgan fingerprint density at radius 1 is 1.47 bits per heavy atom. The normalized spacial score (nSPS) is 11.1. The van der Waals surface area contributed by atoms with Crippen molar-refractivity contribution in [3.63, 3.8) is 0 Å². The second-order valence-corrected chi connectivity index (χ2v) is 6.40. The lowest BCUT2D eigenvalue weighted by molar-refractivity contribution is 0.419. The van der Waals surface area contributed by atoms with Crippen molar-refractivity contribution >= 4 is 50.5 Å². The lowest BCUT2D eigenvalue weighted by atomic mass is 10.3. The Hall–Kier alpha value is -1.11. The van der Waals surface area contributed by atoms with Crippen molar-refractivity contribution in [2.45, 2.75) is 6.54 Å². The SMILES string of the molecule is COc1cccc2c1[nH]c(=S)n2Cc1cc(Br)cs1. The monoisotopic (exact) mass is 354 g/mol. The molecule has 0 amide bonds. The summed E-state index contributed by atoms with van der Waals surface area (Å²) in [5, 5.41) is 2.08. The number of aromatic amines is 1. The van der Waals surface area contributed by atoms with E-state index >= 15 is 0 Å². The summed E-state index contributed by atoms with van der Waals surface area (Å²) in [7, 11) is 1.67. The van der Waals surface area contributed by atoms with E-state index in [1.807, 2.05) is 18.2 Å². The summed E-state index contributed by atoms with van der Waals surface area (Å²) in [6, 6.07) is 8.07. The van der Waals surface area contributed by atoms with Gasteiger partial charge in [0.15, 0.2) is 4.77 Å². The smallest absolute Gasteiger partial charge is 0.178 e. The first-order valence-electron chi connectivity index (χ1n) is 5.67. The van der Waals surface area contributed by atoms with Gasteiger partial charge >= 0.3 is 0 Å². The van der Waals surface area contributed by atoms with E-state index in [0.29, 0.717) is 4.77 Å². The molecule has 3 nitrogen and oxygen atoms in total. The van der Waals surface area contributed by atoms with Gasteiger partial charge in [-0.15, -0.1) is 11.3 Å². The number of hydrogen-bond acceptors (Lipinski definition) is 3. The first-order chi connectivity index (χ1) is 9.19. The van der Waals surface area contributed by atoms with E-state index in [1.54, 1.807) is 18.4 Å². The van der Waals surface area contributed by atoms with E-state index in [2.05, 4.69) is 36.9 Å². The molecule has 0 aliphatic carbocycles. The first-order valence-corrected chi connectivity index (χ1v) is 7.75. The largest absolute Gasteiger partial charge is 0.494 e. The van der Waals surface area contributed by atoms with Gasteiger partial charge in [-0.05, 0) is 46.3 Å². The summed E-state index contributed by atoms with van der Waals surface area (Å²) >= 11 is 10.6. The van der Waals surface area contributed by atoms with Crippen molar-refractivity contribution in [1.29, 1.82) is 0 Å². The topological polar surface area (TPSA) is 29.9 Å². The van der Waals surface area contributed by atoms with Crippen LogP contribution in [0.2, 0.25) is 0 Å². The molecule has 19 heavy (non-hydrogen) atoms. The van der Waals surface area contributed by atoms with Crippen LogP contribution in [0, 0.1) is 4.77 Å². The molecule has 0 fully saturated rings. The average molecular weight is 355 g/mol. The molecule has 0 aliphatic rings. The Kier molecular flexibility index (Phi) is 3.47. The molecule has 3 aromatic rings. The molecule has 2 heterocycles. The van der Waals surface area contributed by atoms with Crippen molar-refractivity contribution < 1.29 is 4.74 Å². The van der Waals surface area contributed by atoms with Crippen LogP contribution in [-0.4, -0.2) is 16.7 Å². The Morgan fingerprint density at radius 3 is 3.00 bits per heavy atom. The fourth-order valence-electron chi connectivity index (χ4n) is 2.07. The molecule has 6 heteroatoms.